The van der Waals surface area contributed by atoms with Crippen LogP contribution in [0.5, 0.6) is 0 Å². The molecular weight excluding hydrogens is 976 g/mol. The molecule has 0 aliphatic heterocycles. The average Bonchev–Trinajstić information content (AvgIpc) is 3.41. The normalized spacial score (nSPS) is 14.4. The molecule has 0 aliphatic carbocycles. The molecule has 0 amide bonds. The maximum atomic E-state index is 12.9. The highest BCUT2D eigenvalue weighted by atomic mass is 31.2. The van der Waals surface area contributed by atoms with Crippen molar-refractivity contribution < 1.29 is 52.2 Å². The third-order valence-corrected chi connectivity index (χ3v) is 12.2. The maximum Gasteiger partial charge on any atom is 0.472 e. The van der Waals surface area contributed by atoms with Gasteiger partial charge >= 0.3 is 25.7 Å². The van der Waals surface area contributed by atoms with E-state index in [2.05, 4.69) is 142 Å². The number of phosphoric acid groups is 1. The van der Waals surface area contributed by atoms with Crippen LogP contribution in [0.15, 0.2) is 146 Å². The van der Waals surface area contributed by atoms with Crippen molar-refractivity contribution in [3.05, 3.63) is 146 Å². The van der Waals surface area contributed by atoms with Crippen LogP contribution in [0.2, 0.25) is 0 Å². The lowest BCUT2D eigenvalue weighted by atomic mass is 10.1. The van der Waals surface area contributed by atoms with Gasteiger partial charge in [-0.05, 0) is 128 Å². The Morgan fingerprint density at radius 2 is 0.697 bits per heavy atom. The summed E-state index contributed by atoms with van der Waals surface area (Å²) in [4.78, 5) is 48.5. The number of aliphatic hydroxyl groups is 1. The fraction of sp³-hybridized carbons (Fsp3) is 0.578. The Hall–Kier alpha value is -4.64. The molecule has 11 nitrogen and oxygen atoms in total. The number of allylic oxidation sites excluding steroid dienone is 24. The zero-order valence-corrected chi connectivity index (χ0v) is 48.0. The lowest BCUT2D eigenvalue weighted by molar-refractivity contribution is -0.161. The Morgan fingerprint density at radius 1 is 0.382 bits per heavy atom. The summed E-state index contributed by atoms with van der Waals surface area (Å²) in [5.74, 6) is -1.63. The SMILES string of the molecule is CC/C=C\C/C=C\C/C=C\C/C=C\C/C=C\CCCC(=O)OC(CO)COP(=O)(O)OCC(COC(=O)CCCCCCC/C=C\C/C=C\CCCCC)OC(=O)CCC/C=C\C/C=C\C/C=C\C/C=C\C/C=C\CC. The van der Waals surface area contributed by atoms with Gasteiger partial charge in [0.15, 0.2) is 6.10 Å². The molecule has 428 valence electrons. The van der Waals surface area contributed by atoms with Crippen LogP contribution in [0.25, 0.3) is 0 Å². The molecule has 3 unspecified atom stereocenters. The number of carbonyl (C=O) groups excluding carboxylic acids is 3. The topological polar surface area (TPSA) is 155 Å². The minimum atomic E-state index is -4.79. The van der Waals surface area contributed by atoms with Crippen LogP contribution in [0, 0.1) is 0 Å². The third kappa shape index (κ3) is 54.2. The van der Waals surface area contributed by atoms with Gasteiger partial charge in [-0.2, -0.15) is 0 Å². The molecule has 0 aromatic heterocycles. The van der Waals surface area contributed by atoms with E-state index in [1.165, 1.54) is 19.3 Å². The van der Waals surface area contributed by atoms with Crippen LogP contribution in [0.4, 0.5) is 0 Å². The van der Waals surface area contributed by atoms with Crippen LogP contribution in [0.1, 0.15) is 201 Å². The van der Waals surface area contributed by atoms with Gasteiger partial charge in [0, 0.05) is 19.3 Å². The number of ether oxygens (including phenoxy) is 3. The summed E-state index contributed by atoms with van der Waals surface area (Å²) < 4.78 is 39.4. The van der Waals surface area contributed by atoms with Crippen molar-refractivity contribution in [3.8, 4) is 0 Å². The second-order valence-electron chi connectivity index (χ2n) is 18.3. The van der Waals surface area contributed by atoms with Crippen LogP contribution < -0.4 is 0 Å². The van der Waals surface area contributed by atoms with E-state index in [0.29, 0.717) is 32.1 Å². The molecule has 0 fully saturated rings. The Labute approximate surface area is 461 Å². The summed E-state index contributed by atoms with van der Waals surface area (Å²) in [6.45, 7) is 4.22. The van der Waals surface area contributed by atoms with Gasteiger partial charge in [0.05, 0.1) is 19.8 Å². The molecule has 76 heavy (non-hydrogen) atoms. The predicted octanol–water partition coefficient (Wildman–Crippen LogP) is 17.1. The van der Waals surface area contributed by atoms with Gasteiger partial charge in [0.2, 0.25) is 0 Å². The lowest BCUT2D eigenvalue weighted by Crippen LogP contribution is -2.30. The van der Waals surface area contributed by atoms with Gasteiger partial charge < -0.3 is 24.2 Å². The van der Waals surface area contributed by atoms with Crippen molar-refractivity contribution in [2.24, 2.45) is 0 Å². The Morgan fingerprint density at radius 3 is 1.09 bits per heavy atom. The largest absolute Gasteiger partial charge is 0.472 e. The van der Waals surface area contributed by atoms with Gasteiger partial charge in [-0.15, -0.1) is 0 Å². The van der Waals surface area contributed by atoms with E-state index in [0.717, 1.165) is 109 Å². The summed E-state index contributed by atoms with van der Waals surface area (Å²) in [5.41, 5.74) is 0. The molecule has 12 heteroatoms. The predicted molar refractivity (Wildman–Crippen MR) is 316 cm³/mol. The highest BCUT2D eigenvalue weighted by Crippen LogP contribution is 2.43. The monoisotopic (exact) mass is 1080 g/mol. The summed E-state index contributed by atoms with van der Waals surface area (Å²) >= 11 is 0. The highest BCUT2D eigenvalue weighted by Gasteiger charge is 2.28. The van der Waals surface area contributed by atoms with E-state index >= 15 is 0 Å². The molecule has 0 saturated heterocycles. The molecule has 0 saturated carbocycles. The average molecular weight is 1080 g/mol. The molecule has 0 aromatic carbocycles. The molecule has 2 N–H and O–H groups in total. The number of hydrogen-bond acceptors (Lipinski definition) is 10. The number of hydrogen-bond donors (Lipinski definition) is 2. The first-order chi connectivity index (χ1) is 37.2. The molecule has 0 aliphatic rings. The first kappa shape index (κ1) is 71.4. The van der Waals surface area contributed by atoms with Gasteiger partial charge in [-0.1, -0.05) is 199 Å². The van der Waals surface area contributed by atoms with Crippen molar-refractivity contribution in [1.29, 1.82) is 0 Å². The second kappa shape index (κ2) is 56.6. The van der Waals surface area contributed by atoms with E-state index < -0.39 is 57.8 Å². The number of esters is 3. The molecule has 0 rings (SSSR count). The Bertz CT molecular complexity index is 1830. The van der Waals surface area contributed by atoms with E-state index in [4.69, 9.17) is 23.3 Å². The standard InChI is InChI=1S/C64H101O11P/c1-4-7-10-13-16-19-22-25-28-30-33-36-39-42-45-48-51-54-63(67)74-60(56-65)58-72-76(69,70)73-59-61(57-71-62(66)53-50-47-44-41-38-35-32-27-24-21-18-15-12-9-6-3)75-64(68)55-52-49-46-43-40-37-34-31-29-26-23-20-17-14-11-8-5-2/h7-8,10-11,16-21,25-29,32-34,36-37,42-43,45-46,60-61,65H,4-6,9,12-15,22-24,30-31,35,38-41,44,47-59H2,1-3H3,(H,69,70)/b10-7-,11-8-,19-16-,20-17-,21-18-,28-25-,29-26-,32-27-,36-33-,37-34-,45-42-,46-43-. The van der Waals surface area contributed by atoms with E-state index in [1.807, 2.05) is 24.3 Å². The molecule has 0 radical (unpaired) electrons. The molecule has 3 atom stereocenters. The summed E-state index contributed by atoms with van der Waals surface area (Å²) in [5, 5.41) is 9.81. The van der Waals surface area contributed by atoms with Crippen LogP contribution in [-0.4, -0.2) is 66.5 Å². The van der Waals surface area contributed by atoms with Crippen molar-refractivity contribution >= 4 is 25.7 Å². The minimum absolute atomic E-state index is 0.0733. The molecule has 0 aromatic rings. The third-order valence-electron chi connectivity index (χ3n) is 11.2. The molecule has 0 heterocycles. The minimum Gasteiger partial charge on any atom is -0.462 e. The molecular formula is C64H101O11P. The van der Waals surface area contributed by atoms with Crippen molar-refractivity contribution in [2.75, 3.05) is 26.4 Å². The maximum absolute atomic E-state index is 12.9. The van der Waals surface area contributed by atoms with E-state index in [-0.39, 0.29) is 25.9 Å². The quantitative estimate of drug-likeness (QED) is 0.0197. The number of aliphatic hydroxyl groups excluding tert-OH is 1. The number of carbonyl (C=O) groups is 3. The fourth-order valence-corrected chi connectivity index (χ4v) is 7.71. The van der Waals surface area contributed by atoms with Crippen molar-refractivity contribution in [1.82, 2.24) is 0 Å². The van der Waals surface area contributed by atoms with Crippen molar-refractivity contribution in [3.63, 3.8) is 0 Å². The first-order valence-corrected chi connectivity index (χ1v) is 30.2. The van der Waals surface area contributed by atoms with Gasteiger partial charge in [-0.3, -0.25) is 23.4 Å². The Kier molecular flexibility index (Phi) is 53.1. The van der Waals surface area contributed by atoms with Gasteiger partial charge in [0.25, 0.3) is 0 Å². The van der Waals surface area contributed by atoms with Crippen LogP contribution in [-0.2, 0) is 42.2 Å². The lowest BCUT2D eigenvalue weighted by Gasteiger charge is -2.21. The van der Waals surface area contributed by atoms with Crippen molar-refractivity contribution in [2.45, 2.75) is 213 Å². The van der Waals surface area contributed by atoms with E-state index in [1.54, 1.807) is 0 Å². The zero-order chi connectivity index (χ0) is 55.5. The van der Waals surface area contributed by atoms with Crippen LogP contribution >= 0.6 is 7.82 Å². The number of unbranched alkanes of at least 4 members (excludes halogenated alkanes) is 10. The molecule has 0 bridgehead atoms. The van der Waals surface area contributed by atoms with E-state index in [9.17, 15) is 28.9 Å². The second-order valence-corrected chi connectivity index (χ2v) is 19.8. The fourth-order valence-electron chi connectivity index (χ4n) is 6.93. The first-order valence-electron chi connectivity index (χ1n) is 28.7. The summed E-state index contributed by atoms with van der Waals surface area (Å²) in [7, 11) is -4.79. The summed E-state index contributed by atoms with van der Waals surface area (Å²) in [6, 6.07) is 0. The van der Waals surface area contributed by atoms with Gasteiger partial charge in [0.1, 0.15) is 12.7 Å². The highest BCUT2D eigenvalue weighted by molar-refractivity contribution is 7.47. The van der Waals surface area contributed by atoms with Crippen LogP contribution in [0.3, 0.4) is 0 Å². The summed E-state index contributed by atoms with van der Waals surface area (Å²) in [6.07, 6.45) is 72.5. The zero-order valence-electron chi connectivity index (χ0n) is 47.2. The van der Waals surface area contributed by atoms with Gasteiger partial charge in [-0.25, -0.2) is 4.57 Å². The number of rotatable bonds is 51. The smallest absolute Gasteiger partial charge is 0.462 e. The molecule has 0 spiro atoms. The Balaban J connectivity index is 4.91. The number of phosphoric ester groups is 1.